The van der Waals surface area contributed by atoms with Gasteiger partial charge in [-0.2, -0.15) is 5.10 Å². The molecule has 0 aliphatic heterocycles. The molecule has 90 valence electrons. The zero-order valence-corrected chi connectivity index (χ0v) is 11.6. The van der Waals surface area contributed by atoms with E-state index in [9.17, 15) is 0 Å². The number of rotatable bonds is 2. The van der Waals surface area contributed by atoms with Gasteiger partial charge >= 0.3 is 0 Å². The van der Waals surface area contributed by atoms with Crippen molar-refractivity contribution in [2.24, 2.45) is 0 Å². The molecule has 0 amide bonds. The Bertz CT molecular complexity index is 674. The molecule has 0 unspecified atom stereocenters. The molecule has 3 heterocycles. The summed E-state index contributed by atoms with van der Waals surface area (Å²) in [5, 5.41) is 9.13. The molecular weight excluding hydrogens is 312 g/mol. The van der Waals surface area contributed by atoms with Crippen molar-refractivity contribution in [2.75, 3.05) is 5.73 Å². The summed E-state index contributed by atoms with van der Waals surface area (Å²) in [6.45, 7) is 0. The van der Waals surface area contributed by atoms with Gasteiger partial charge in [0.1, 0.15) is 0 Å². The fraction of sp³-hybridized carbons (Fsp3) is 0. The van der Waals surface area contributed by atoms with Crippen LogP contribution in [-0.2, 0) is 0 Å². The number of nitrogens with one attached hydrogen (secondary N) is 1. The van der Waals surface area contributed by atoms with E-state index in [4.69, 9.17) is 5.73 Å². The molecule has 0 fully saturated rings. The fourth-order valence-electron chi connectivity index (χ4n) is 1.80. The van der Waals surface area contributed by atoms with E-state index in [2.05, 4.69) is 31.1 Å². The number of pyridine rings is 1. The summed E-state index contributed by atoms with van der Waals surface area (Å²) in [4.78, 5) is 5.11. The molecule has 4 nitrogen and oxygen atoms in total. The summed E-state index contributed by atoms with van der Waals surface area (Å²) in [5.41, 5.74) is 8.81. The summed E-state index contributed by atoms with van der Waals surface area (Å²) in [5.74, 6) is 0.497. The van der Waals surface area contributed by atoms with E-state index >= 15 is 0 Å². The number of halogens is 1. The van der Waals surface area contributed by atoms with Crippen molar-refractivity contribution in [1.29, 1.82) is 0 Å². The number of nitrogen functional groups attached to an aromatic ring is 1. The van der Waals surface area contributed by atoms with Crippen LogP contribution in [0.2, 0.25) is 0 Å². The quantitative estimate of drug-likeness (QED) is 0.758. The van der Waals surface area contributed by atoms with Crippen molar-refractivity contribution in [3.8, 4) is 21.7 Å². The Morgan fingerprint density at radius 3 is 2.67 bits per heavy atom. The Kier molecular flexibility index (Phi) is 2.89. The molecule has 0 aromatic carbocycles. The molecule has 0 radical (unpaired) electrons. The monoisotopic (exact) mass is 320 g/mol. The van der Waals surface area contributed by atoms with E-state index in [0.717, 1.165) is 26.2 Å². The largest absolute Gasteiger partial charge is 0.382 e. The minimum Gasteiger partial charge on any atom is -0.382 e. The van der Waals surface area contributed by atoms with Gasteiger partial charge in [-0.05, 0) is 45.1 Å². The van der Waals surface area contributed by atoms with Gasteiger partial charge in [0, 0.05) is 16.9 Å². The van der Waals surface area contributed by atoms with E-state index in [-0.39, 0.29) is 0 Å². The number of hydrogen-bond donors (Lipinski definition) is 2. The molecule has 0 aliphatic carbocycles. The van der Waals surface area contributed by atoms with Crippen LogP contribution in [-0.4, -0.2) is 15.2 Å². The van der Waals surface area contributed by atoms with Crippen molar-refractivity contribution < 1.29 is 0 Å². The average Bonchev–Trinajstić information content (AvgIpc) is 2.96. The van der Waals surface area contributed by atoms with Crippen LogP contribution < -0.4 is 5.73 Å². The normalized spacial score (nSPS) is 10.7. The Morgan fingerprint density at radius 1 is 1.22 bits per heavy atom. The molecule has 3 N–H and O–H groups in total. The smallest absolute Gasteiger partial charge is 0.153 e. The maximum absolute atomic E-state index is 5.96. The minimum absolute atomic E-state index is 0.497. The molecule has 3 aromatic heterocycles. The lowest BCUT2D eigenvalue weighted by Gasteiger charge is -2.03. The van der Waals surface area contributed by atoms with Gasteiger partial charge in [0.05, 0.1) is 16.1 Å². The Morgan fingerprint density at radius 2 is 2.00 bits per heavy atom. The van der Waals surface area contributed by atoms with E-state index in [0.29, 0.717) is 5.82 Å². The van der Waals surface area contributed by atoms with Crippen LogP contribution in [0.15, 0.2) is 40.4 Å². The summed E-state index contributed by atoms with van der Waals surface area (Å²) in [7, 11) is 0. The predicted molar refractivity (Wildman–Crippen MR) is 77.2 cm³/mol. The molecular formula is C12H9BrN4S. The predicted octanol–water partition coefficient (Wildman–Crippen LogP) is 3.54. The third kappa shape index (κ3) is 1.83. The number of nitrogens with zero attached hydrogens (tertiary/aromatic N) is 2. The molecule has 6 heteroatoms. The van der Waals surface area contributed by atoms with Crippen molar-refractivity contribution in [1.82, 2.24) is 15.2 Å². The topological polar surface area (TPSA) is 67.6 Å². The third-order valence-corrected chi connectivity index (χ3v) is 4.46. The highest BCUT2D eigenvalue weighted by atomic mass is 79.9. The second-order valence-corrected chi connectivity index (χ2v) is 5.46. The zero-order chi connectivity index (χ0) is 12.5. The maximum Gasteiger partial charge on any atom is 0.153 e. The standard InChI is InChI=1S/C12H9BrN4S/c13-8-3-6-18-11(8)10-9(12(14)17-16-10)7-1-4-15-5-2-7/h1-6H,(H3,14,16,17). The highest BCUT2D eigenvalue weighted by molar-refractivity contribution is 9.10. The number of anilines is 1. The Hall–Kier alpha value is -1.66. The second-order valence-electron chi connectivity index (χ2n) is 3.69. The molecule has 0 saturated heterocycles. The first-order valence-corrected chi connectivity index (χ1v) is 6.92. The third-order valence-electron chi connectivity index (χ3n) is 2.61. The second kappa shape index (κ2) is 4.55. The van der Waals surface area contributed by atoms with Crippen LogP contribution in [0.3, 0.4) is 0 Å². The van der Waals surface area contributed by atoms with Crippen LogP contribution >= 0.6 is 27.3 Å². The number of thiophene rings is 1. The van der Waals surface area contributed by atoms with Crippen LogP contribution in [0.5, 0.6) is 0 Å². The van der Waals surface area contributed by atoms with E-state index in [1.54, 1.807) is 23.7 Å². The summed E-state index contributed by atoms with van der Waals surface area (Å²) in [6.07, 6.45) is 3.49. The van der Waals surface area contributed by atoms with Gasteiger partial charge in [-0.1, -0.05) is 0 Å². The first-order valence-electron chi connectivity index (χ1n) is 5.25. The van der Waals surface area contributed by atoms with Crippen LogP contribution in [0.4, 0.5) is 5.82 Å². The SMILES string of the molecule is Nc1n[nH]c(-c2sccc2Br)c1-c1ccncc1. The molecule has 0 bridgehead atoms. The van der Waals surface area contributed by atoms with Gasteiger partial charge in [-0.15, -0.1) is 11.3 Å². The first-order chi connectivity index (χ1) is 8.77. The van der Waals surface area contributed by atoms with Crippen molar-refractivity contribution in [2.45, 2.75) is 0 Å². The summed E-state index contributed by atoms with van der Waals surface area (Å²) in [6, 6.07) is 5.85. The van der Waals surface area contributed by atoms with E-state index in [1.165, 1.54) is 0 Å². The molecule has 0 atom stereocenters. The lowest BCUT2D eigenvalue weighted by Crippen LogP contribution is -1.88. The van der Waals surface area contributed by atoms with E-state index < -0.39 is 0 Å². The lowest BCUT2D eigenvalue weighted by atomic mass is 10.1. The molecule has 0 spiro atoms. The summed E-state index contributed by atoms with van der Waals surface area (Å²) < 4.78 is 1.03. The summed E-state index contributed by atoms with van der Waals surface area (Å²) >= 11 is 5.16. The van der Waals surface area contributed by atoms with Crippen LogP contribution in [0.1, 0.15) is 0 Å². The number of hydrogen-bond acceptors (Lipinski definition) is 4. The number of aromatic amines is 1. The van der Waals surface area contributed by atoms with Crippen molar-refractivity contribution in [3.05, 3.63) is 40.4 Å². The molecule has 0 aliphatic rings. The van der Waals surface area contributed by atoms with Gasteiger partial charge in [-0.25, -0.2) is 0 Å². The minimum atomic E-state index is 0.497. The maximum atomic E-state index is 5.96. The number of nitrogens with two attached hydrogens (primary N) is 1. The van der Waals surface area contributed by atoms with Crippen molar-refractivity contribution in [3.63, 3.8) is 0 Å². The lowest BCUT2D eigenvalue weighted by molar-refractivity contribution is 1.10. The average molecular weight is 321 g/mol. The van der Waals surface area contributed by atoms with E-state index in [1.807, 2.05) is 23.6 Å². The highest BCUT2D eigenvalue weighted by Crippen LogP contribution is 2.40. The zero-order valence-electron chi connectivity index (χ0n) is 9.22. The van der Waals surface area contributed by atoms with Gasteiger partial charge in [0.15, 0.2) is 5.82 Å². The molecule has 3 aromatic rings. The van der Waals surface area contributed by atoms with Gasteiger partial charge in [0.25, 0.3) is 0 Å². The Balaban J connectivity index is 2.22. The molecule has 18 heavy (non-hydrogen) atoms. The first kappa shape index (κ1) is 11.4. The van der Waals surface area contributed by atoms with Gasteiger partial charge < -0.3 is 5.73 Å². The van der Waals surface area contributed by atoms with Gasteiger partial charge in [0.2, 0.25) is 0 Å². The molecule has 0 saturated carbocycles. The van der Waals surface area contributed by atoms with Gasteiger partial charge in [-0.3, -0.25) is 10.1 Å². The fourth-order valence-corrected chi connectivity index (χ4v) is 3.38. The number of H-pyrrole nitrogens is 1. The highest BCUT2D eigenvalue weighted by Gasteiger charge is 2.17. The van der Waals surface area contributed by atoms with Crippen molar-refractivity contribution >= 4 is 33.1 Å². The molecule has 3 rings (SSSR count). The number of aromatic nitrogens is 3. The Labute approximate surface area is 116 Å². The van der Waals surface area contributed by atoms with Crippen LogP contribution in [0, 0.1) is 0 Å². The van der Waals surface area contributed by atoms with Crippen LogP contribution in [0.25, 0.3) is 21.7 Å².